The van der Waals surface area contributed by atoms with Crippen molar-refractivity contribution in [1.82, 2.24) is 0 Å². The summed E-state index contributed by atoms with van der Waals surface area (Å²) in [6, 6.07) is 6.79. The monoisotopic (exact) mass is 340 g/mol. The highest BCUT2D eigenvalue weighted by Gasteiger charge is 2.19. The lowest BCUT2D eigenvalue weighted by Gasteiger charge is -2.30. The van der Waals surface area contributed by atoms with E-state index < -0.39 is 0 Å². The van der Waals surface area contributed by atoms with E-state index in [2.05, 4.69) is 33.9 Å². The van der Waals surface area contributed by atoms with Crippen LogP contribution < -0.4 is 10.6 Å². The third-order valence-electron chi connectivity index (χ3n) is 3.98. The predicted octanol–water partition coefficient (Wildman–Crippen LogP) is 4.24. The van der Waals surface area contributed by atoms with E-state index in [0.717, 1.165) is 10.0 Å². The summed E-state index contributed by atoms with van der Waals surface area (Å²) in [5.41, 5.74) is 7.81. The molecule has 1 aliphatic carbocycles. The zero-order valence-electron chi connectivity index (χ0n) is 11.4. The molecule has 104 valence electrons. The van der Waals surface area contributed by atoms with Crippen LogP contribution in [0.5, 0.6) is 0 Å². The number of anilines is 1. The van der Waals surface area contributed by atoms with Crippen LogP contribution in [-0.4, -0.2) is 18.1 Å². The minimum Gasteiger partial charge on any atom is -0.389 e. The summed E-state index contributed by atoms with van der Waals surface area (Å²) >= 11 is 8.66. The summed E-state index contributed by atoms with van der Waals surface area (Å²) in [6.07, 6.45) is 8.03. The highest BCUT2D eigenvalue weighted by atomic mass is 79.9. The average Bonchev–Trinajstić information content (AvgIpc) is 2.66. The minimum absolute atomic E-state index is 0.448. The molecule has 0 amide bonds. The molecule has 1 aromatic rings. The largest absolute Gasteiger partial charge is 0.389 e. The molecule has 0 unspecified atom stereocenters. The summed E-state index contributed by atoms with van der Waals surface area (Å²) in [5, 5.41) is 0. The van der Waals surface area contributed by atoms with E-state index in [1.54, 1.807) is 0 Å². The number of nitrogens with zero attached hydrogens (tertiary/aromatic N) is 1. The Bertz CT molecular complexity index is 453. The van der Waals surface area contributed by atoms with Gasteiger partial charge in [0.1, 0.15) is 4.99 Å². The van der Waals surface area contributed by atoms with Crippen molar-refractivity contribution in [3.05, 3.63) is 28.2 Å². The SMILES string of the molecule is CN(c1ccc(C(N)=S)cc1Br)C1CCCCCC1. The van der Waals surface area contributed by atoms with Gasteiger partial charge in [-0.2, -0.15) is 0 Å². The summed E-state index contributed by atoms with van der Waals surface area (Å²) < 4.78 is 1.07. The zero-order valence-corrected chi connectivity index (χ0v) is 13.8. The van der Waals surface area contributed by atoms with Crippen LogP contribution in [-0.2, 0) is 0 Å². The Labute approximate surface area is 129 Å². The predicted molar refractivity (Wildman–Crippen MR) is 89.9 cm³/mol. The molecule has 1 aromatic carbocycles. The molecule has 0 spiro atoms. The fourth-order valence-electron chi connectivity index (χ4n) is 2.79. The Morgan fingerprint density at radius 1 is 1.26 bits per heavy atom. The maximum absolute atomic E-state index is 5.67. The van der Waals surface area contributed by atoms with Gasteiger partial charge in [-0.05, 0) is 47.0 Å². The first-order chi connectivity index (χ1) is 9.09. The van der Waals surface area contributed by atoms with Gasteiger partial charge in [0.05, 0.1) is 5.69 Å². The molecule has 0 aromatic heterocycles. The van der Waals surface area contributed by atoms with Crippen molar-refractivity contribution in [1.29, 1.82) is 0 Å². The maximum Gasteiger partial charge on any atom is 0.104 e. The Morgan fingerprint density at radius 3 is 2.42 bits per heavy atom. The molecule has 0 heterocycles. The van der Waals surface area contributed by atoms with Crippen LogP contribution in [0.4, 0.5) is 5.69 Å². The molecule has 1 saturated carbocycles. The fourth-order valence-corrected chi connectivity index (χ4v) is 3.57. The van der Waals surface area contributed by atoms with E-state index in [1.165, 1.54) is 44.2 Å². The molecule has 0 atom stereocenters. The van der Waals surface area contributed by atoms with Crippen molar-refractivity contribution in [3.8, 4) is 0 Å². The first-order valence-corrected chi connectivity index (χ1v) is 8.12. The second-order valence-corrected chi connectivity index (χ2v) is 6.58. The van der Waals surface area contributed by atoms with Gasteiger partial charge in [0.2, 0.25) is 0 Å². The quantitative estimate of drug-likeness (QED) is 0.659. The number of rotatable bonds is 3. The van der Waals surface area contributed by atoms with Gasteiger partial charge in [0.15, 0.2) is 0 Å². The van der Waals surface area contributed by atoms with Crippen molar-refractivity contribution in [2.45, 2.75) is 44.6 Å². The first-order valence-electron chi connectivity index (χ1n) is 6.92. The van der Waals surface area contributed by atoms with Gasteiger partial charge < -0.3 is 10.6 Å². The number of thiocarbonyl (C=S) groups is 1. The van der Waals surface area contributed by atoms with Crippen molar-refractivity contribution >= 4 is 38.8 Å². The van der Waals surface area contributed by atoms with Gasteiger partial charge in [-0.1, -0.05) is 37.9 Å². The standard InChI is InChI=1S/C15H21BrN2S/c1-18(12-6-4-2-3-5-7-12)14-9-8-11(15(17)19)10-13(14)16/h8-10,12H,2-7H2,1H3,(H2,17,19). The molecule has 1 fully saturated rings. The summed E-state index contributed by atoms with van der Waals surface area (Å²) in [4.78, 5) is 2.85. The Hall–Kier alpha value is -0.610. The van der Waals surface area contributed by atoms with Crippen molar-refractivity contribution < 1.29 is 0 Å². The number of halogens is 1. The van der Waals surface area contributed by atoms with Crippen molar-refractivity contribution in [2.24, 2.45) is 5.73 Å². The topological polar surface area (TPSA) is 29.3 Å². The van der Waals surface area contributed by atoms with Crippen LogP contribution in [0.15, 0.2) is 22.7 Å². The normalized spacial score (nSPS) is 16.9. The lowest BCUT2D eigenvalue weighted by molar-refractivity contribution is 0.552. The van der Waals surface area contributed by atoms with E-state index in [0.29, 0.717) is 11.0 Å². The molecule has 2 nitrogen and oxygen atoms in total. The second-order valence-electron chi connectivity index (χ2n) is 5.29. The number of hydrogen-bond donors (Lipinski definition) is 1. The minimum atomic E-state index is 0.448. The molecule has 0 saturated heterocycles. The van der Waals surface area contributed by atoms with Gasteiger partial charge >= 0.3 is 0 Å². The van der Waals surface area contributed by atoms with Crippen molar-refractivity contribution in [3.63, 3.8) is 0 Å². The highest BCUT2D eigenvalue weighted by Crippen LogP contribution is 2.31. The van der Waals surface area contributed by atoms with Gasteiger partial charge in [-0.25, -0.2) is 0 Å². The molecular weight excluding hydrogens is 320 g/mol. The lowest BCUT2D eigenvalue weighted by Crippen LogP contribution is -2.31. The van der Waals surface area contributed by atoms with Crippen LogP contribution in [0.2, 0.25) is 0 Å². The number of hydrogen-bond acceptors (Lipinski definition) is 2. The number of nitrogens with two attached hydrogens (primary N) is 1. The average molecular weight is 341 g/mol. The molecular formula is C15H21BrN2S. The highest BCUT2D eigenvalue weighted by molar-refractivity contribution is 9.10. The van der Waals surface area contributed by atoms with Gasteiger partial charge in [-0.15, -0.1) is 0 Å². The summed E-state index contributed by atoms with van der Waals surface area (Å²) in [6.45, 7) is 0. The van der Waals surface area contributed by atoms with E-state index in [1.807, 2.05) is 12.1 Å². The Kier molecular flexibility index (Phi) is 5.22. The van der Waals surface area contributed by atoms with Gasteiger partial charge in [0.25, 0.3) is 0 Å². The molecule has 2 rings (SSSR count). The van der Waals surface area contributed by atoms with Gasteiger partial charge in [0, 0.05) is 23.1 Å². The third kappa shape index (κ3) is 3.69. The molecule has 4 heteroatoms. The first kappa shape index (κ1) is 14.8. The lowest BCUT2D eigenvalue weighted by atomic mass is 10.1. The molecule has 19 heavy (non-hydrogen) atoms. The molecule has 0 bridgehead atoms. The van der Waals surface area contributed by atoms with Crippen LogP contribution in [0, 0.1) is 0 Å². The van der Waals surface area contributed by atoms with E-state index in [-0.39, 0.29) is 0 Å². The maximum atomic E-state index is 5.67. The van der Waals surface area contributed by atoms with Gasteiger partial charge in [-0.3, -0.25) is 0 Å². The fraction of sp³-hybridized carbons (Fsp3) is 0.533. The summed E-state index contributed by atoms with van der Waals surface area (Å²) in [5.74, 6) is 0. The third-order valence-corrected chi connectivity index (χ3v) is 4.86. The Morgan fingerprint density at radius 2 is 1.89 bits per heavy atom. The molecule has 1 aliphatic rings. The van der Waals surface area contributed by atoms with Crippen LogP contribution in [0.1, 0.15) is 44.1 Å². The second kappa shape index (κ2) is 6.71. The van der Waals surface area contributed by atoms with Crippen LogP contribution in [0.25, 0.3) is 0 Å². The van der Waals surface area contributed by atoms with Crippen LogP contribution >= 0.6 is 28.1 Å². The van der Waals surface area contributed by atoms with Crippen LogP contribution in [0.3, 0.4) is 0 Å². The smallest absolute Gasteiger partial charge is 0.104 e. The molecule has 2 N–H and O–H groups in total. The van der Waals surface area contributed by atoms with E-state index >= 15 is 0 Å². The Balaban J connectivity index is 2.18. The summed E-state index contributed by atoms with van der Waals surface area (Å²) in [7, 11) is 2.19. The van der Waals surface area contributed by atoms with E-state index in [9.17, 15) is 0 Å². The molecule has 0 radical (unpaired) electrons. The van der Waals surface area contributed by atoms with E-state index in [4.69, 9.17) is 18.0 Å². The molecule has 0 aliphatic heterocycles. The zero-order chi connectivity index (χ0) is 13.8. The number of benzene rings is 1. The van der Waals surface area contributed by atoms with Crippen molar-refractivity contribution in [2.75, 3.05) is 11.9 Å².